The van der Waals surface area contributed by atoms with Gasteiger partial charge in [0.25, 0.3) is 0 Å². The molecule has 2 aliphatic rings. The van der Waals surface area contributed by atoms with Crippen LogP contribution in [0.25, 0.3) is 0 Å². The molecule has 0 aromatic rings. The van der Waals surface area contributed by atoms with Crippen molar-refractivity contribution in [3.05, 3.63) is 24.7 Å². The molecule has 3 atom stereocenters. The Kier molecular flexibility index (Phi) is 4.29. The van der Waals surface area contributed by atoms with E-state index >= 15 is 0 Å². The van der Waals surface area contributed by atoms with Crippen LogP contribution in [0.3, 0.4) is 0 Å². The molecule has 0 aliphatic carbocycles. The molecule has 22 heavy (non-hydrogen) atoms. The molecule has 0 spiro atoms. The molecule has 6 nitrogen and oxygen atoms in total. The number of hydrogen-bond acceptors (Lipinski definition) is 6. The summed E-state index contributed by atoms with van der Waals surface area (Å²) in [5, 5.41) is 9.34. The number of alkyl halides is 2. The third-order valence-corrected chi connectivity index (χ3v) is 3.23. The van der Waals surface area contributed by atoms with Crippen molar-refractivity contribution < 1.29 is 23.4 Å². The second kappa shape index (κ2) is 5.60. The number of aliphatic imine (C=N–C) groups is 1. The minimum absolute atomic E-state index is 0.0396. The van der Waals surface area contributed by atoms with Crippen molar-refractivity contribution in [3.63, 3.8) is 0 Å². The molecule has 2 rings (SSSR count). The maximum atomic E-state index is 14.7. The minimum atomic E-state index is -3.37. The van der Waals surface area contributed by atoms with Crippen molar-refractivity contribution in [2.75, 3.05) is 6.61 Å². The first-order valence-electron chi connectivity index (χ1n) is 6.88. The van der Waals surface area contributed by atoms with Gasteiger partial charge in [-0.15, -0.1) is 0 Å². The largest absolute Gasteiger partial charge is 0.394 e. The van der Waals surface area contributed by atoms with Gasteiger partial charge < -0.3 is 25.2 Å². The Hall–Kier alpha value is -1.51. The van der Waals surface area contributed by atoms with E-state index in [-0.39, 0.29) is 11.7 Å². The molecule has 0 saturated carbocycles. The van der Waals surface area contributed by atoms with E-state index in [4.69, 9.17) is 15.2 Å². The molecule has 2 heterocycles. The minimum Gasteiger partial charge on any atom is -0.394 e. The topological polar surface area (TPSA) is 80.3 Å². The summed E-state index contributed by atoms with van der Waals surface area (Å²) in [6.45, 7) is 8.00. The Bertz CT molecular complexity index is 514. The van der Waals surface area contributed by atoms with E-state index in [0.29, 0.717) is 0 Å². The van der Waals surface area contributed by atoms with Crippen LogP contribution in [0.15, 0.2) is 29.7 Å². The van der Waals surface area contributed by atoms with Gasteiger partial charge in [0.1, 0.15) is 17.8 Å². The van der Waals surface area contributed by atoms with Gasteiger partial charge in [-0.3, -0.25) is 0 Å². The zero-order valence-corrected chi connectivity index (χ0v) is 12.8. The first kappa shape index (κ1) is 16.9. The predicted octanol–water partition coefficient (Wildman–Crippen LogP) is 1.18. The van der Waals surface area contributed by atoms with Crippen LogP contribution in [0.4, 0.5) is 8.78 Å². The second-order valence-corrected chi connectivity index (χ2v) is 6.21. The third-order valence-electron chi connectivity index (χ3n) is 3.23. The lowest BCUT2D eigenvalue weighted by Gasteiger charge is -2.34. The summed E-state index contributed by atoms with van der Waals surface area (Å²) in [6.07, 6.45) is -1.69. The Balaban J connectivity index is 2.27. The number of hydrogen-bond donors (Lipinski definition) is 2. The number of aliphatic hydroxyl groups excluding tert-OH is 1. The summed E-state index contributed by atoms with van der Waals surface area (Å²) in [5.41, 5.74) is 4.69. The normalized spacial score (nSPS) is 31.5. The smallest absolute Gasteiger partial charge is 0.320 e. The number of aliphatic hydroxyl groups is 1. The van der Waals surface area contributed by atoms with Gasteiger partial charge in [-0.25, -0.2) is 4.99 Å². The summed E-state index contributed by atoms with van der Waals surface area (Å²) in [5.74, 6) is -3.16. The lowest BCUT2D eigenvalue weighted by atomic mass is 10.1. The number of nitrogens with two attached hydrogens (primary N) is 1. The fourth-order valence-electron chi connectivity index (χ4n) is 2.34. The number of ether oxygens (including phenoxy) is 2. The summed E-state index contributed by atoms with van der Waals surface area (Å²) in [6, 6.07) is 0. The maximum Gasteiger partial charge on any atom is 0.320 e. The van der Waals surface area contributed by atoms with E-state index in [2.05, 4.69) is 11.6 Å². The molecule has 2 aliphatic heterocycles. The molecule has 0 aromatic heterocycles. The van der Waals surface area contributed by atoms with E-state index in [9.17, 15) is 13.9 Å². The maximum absolute atomic E-state index is 14.7. The quantitative estimate of drug-likeness (QED) is 0.817. The molecule has 0 bridgehead atoms. The second-order valence-electron chi connectivity index (χ2n) is 6.21. The fraction of sp³-hybridized carbons (Fsp3) is 0.643. The molecule has 124 valence electrons. The molecule has 0 unspecified atom stereocenters. The van der Waals surface area contributed by atoms with Gasteiger partial charge in [-0.05, 0) is 26.8 Å². The fourth-order valence-corrected chi connectivity index (χ4v) is 2.34. The van der Waals surface area contributed by atoms with Crippen LogP contribution in [0.5, 0.6) is 0 Å². The Morgan fingerprint density at radius 1 is 1.55 bits per heavy atom. The van der Waals surface area contributed by atoms with Gasteiger partial charge in [0.2, 0.25) is 6.23 Å². The Morgan fingerprint density at radius 3 is 2.68 bits per heavy atom. The van der Waals surface area contributed by atoms with E-state index in [0.717, 1.165) is 4.90 Å². The molecule has 0 aromatic carbocycles. The Labute approximate surface area is 127 Å². The average Bonchev–Trinajstić information content (AvgIpc) is 2.60. The van der Waals surface area contributed by atoms with Crippen molar-refractivity contribution in [2.24, 2.45) is 10.7 Å². The van der Waals surface area contributed by atoms with E-state index < -0.39 is 36.6 Å². The molecule has 0 radical (unpaired) electrons. The van der Waals surface area contributed by atoms with E-state index in [1.165, 1.54) is 12.3 Å². The first-order valence-corrected chi connectivity index (χ1v) is 6.88. The van der Waals surface area contributed by atoms with Crippen molar-refractivity contribution >= 4 is 5.84 Å². The first-order chi connectivity index (χ1) is 10.1. The summed E-state index contributed by atoms with van der Waals surface area (Å²) in [7, 11) is 0. The summed E-state index contributed by atoms with van der Waals surface area (Å²) < 4.78 is 40.2. The lowest BCUT2D eigenvalue weighted by molar-refractivity contribution is -0.186. The zero-order valence-electron chi connectivity index (χ0n) is 12.8. The van der Waals surface area contributed by atoms with Crippen LogP contribution in [-0.2, 0) is 9.47 Å². The molecule has 3 N–H and O–H groups in total. The van der Waals surface area contributed by atoms with E-state index in [1.807, 2.05) is 0 Å². The van der Waals surface area contributed by atoms with Crippen LogP contribution >= 0.6 is 0 Å². The van der Waals surface area contributed by atoms with Gasteiger partial charge in [0.05, 0.1) is 12.2 Å². The number of halogens is 2. The monoisotopic (exact) mass is 317 g/mol. The highest BCUT2D eigenvalue weighted by molar-refractivity contribution is 5.92. The average molecular weight is 317 g/mol. The molecule has 1 saturated heterocycles. The molecular formula is C14H21F2N3O3. The van der Waals surface area contributed by atoms with Crippen LogP contribution < -0.4 is 5.73 Å². The molecule has 1 fully saturated rings. The standard InChI is InChI=1S/C14H21F2N3O3/c1-8-18-10(17)5-6-19(8)12-14(15,16)11(9(7-20)21-12)22-13(2,3)4/h5-6,9,11-12,20H,1,7H2,2-4H3,(H2,17,18)/t9-,11+,12-/m1/s1. The third kappa shape index (κ3) is 3.13. The van der Waals surface area contributed by atoms with Gasteiger partial charge in [0.15, 0.2) is 6.10 Å². The molecular weight excluding hydrogens is 296 g/mol. The summed E-state index contributed by atoms with van der Waals surface area (Å²) in [4.78, 5) is 4.94. The number of rotatable bonds is 3. The lowest BCUT2D eigenvalue weighted by Crippen LogP contribution is -2.50. The molecule has 0 amide bonds. The van der Waals surface area contributed by atoms with E-state index in [1.54, 1.807) is 20.8 Å². The Morgan fingerprint density at radius 2 is 2.18 bits per heavy atom. The zero-order chi connectivity index (χ0) is 16.7. The van der Waals surface area contributed by atoms with Crippen molar-refractivity contribution in [1.29, 1.82) is 0 Å². The van der Waals surface area contributed by atoms with Crippen LogP contribution in [0, 0.1) is 0 Å². The SMILES string of the molecule is C=C1N=C(N)C=CN1[C@@H]1O[C@H](CO)[C@H](OC(C)(C)C)C1(F)F. The van der Waals surface area contributed by atoms with Gasteiger partial charge in [0, 0.05) is 6.20 Å². The highest BCUT2D eigenvalue weighted by Gasteiger charge is 2.62. The van der Waals surface area contributed by atoms with Crippen molar-refractivity contribution in [1.82, 2.24) is 4.90 Å². The van der Waals surface area contributed by atoms with Gasteiger partial charge >= 0.3 is 5.92 Å². The number of amidine groups is 1. The van der Waals surface area contributed by atoms with Crippen LogP contribution in [0.2, 0.25) is 0 Å². The van der Waals surface area contributed by atoms with Gasteiger partial charge in [-0.2, -0.15) is 8.78 Å². The summed E-state index contributed by atoms with van der Waals surface area (Å²) >= 11 is 0. The van der Waals surface area contributed by atoms with Crippen molar-refractivity contribution in [3.8, 4) is 0 Å². The predicted molar refractivity (Wildman–Crippen MR) is 77.1 cm³/mol. The highest BCUT2D eigenvalue weighted by atomic mass is 19.3. The highest BCUT2D eigenvalue weighted by Crippen LogP contribution is 2.42. The number of nitrogens with zero attached hydrogens (tertiary/aromatic N) is 2. The van der Waals surface area contributed by atoms with Crippen LogP contribution in [0.1, 0.15) is 20.8 Å². The van der Waals surface area contributed by atoms with Gasteiger partial charge in [-0.1, -0.05) is 6.58 Å². The van der Waals surface area contributed by atoms with Crippen LogP contribution in [-0.4, -0.2) is 52.4 Å². The van der Waals surface area contributed by atoms with Crippen molar-refractivity contribution in [2.45, 2.75) is 50.7 Å². The molecule has 8 heteroatoms.